The Kier molecular flexibility index (Phi) is 3.44. The predicted octanol–water partition coefficient (Wildman–Crippen LogP) is 0.902. The molecule has 0 unspecified atom stereocenters. The number of hydrogen-bond acceptors (Lipinski definition) is 5. The van der Waals surface area contributed by atoms with E-state index in [0.29, 0.717) is 23.2 Å². The second-order valence-corrected chi connectivity index (χ2v) is 5.45. The van der Waals surface area contributed by atoms with Crippen LogP contribution in [0, 0.1) is 0 Å². The van der Waals surface area contributed by atoms with E-state index in [-0.39, 0.29) is 11.3 Å². The lowest BCUT2D eigenvalue weighted by Crippen LogP contribution is -2.20. The standard InChI is InChI=1S/C13H18N6O/c1-13(2,3)12-16-9(14)7-10(17-12)19-6-5-8(18-19)11(20)15-4/h5-7H,1-4H3,(H,15,20)(H2,14,16,17). The molecule has 7 nitrogen and oxygen atoms in total. The molecule has 0 saturated carbocycles. The molecular weight excluding hydrogens is 256 g/mol. The molecule has 0 saturated heterocycles. The quantitative estimate of drug-likeness (QED) is 0.847. The molecule has 0 atom stereocenters. The van der Waals surface area contributed by atoms with Gasteiger partial charge in [0.1, 0.15) is 11.6 Å². The van der Waals surface area contributed by atoms with Crippen molar-refractivity contribution < 1.29 is 4.79 Å². The van der Waals surface area contributed by atoms with Gasteiger partial charge in [-0.05, 0) is 6.07 Å². The molecule has 7 heteroatoms. The molecule has 0 aromatic carbocycles. The molecule has 2 rings (SSSR count). The van der Waals surface area contributed by atoms with Crippen LogP contribution in [0.25, 0.3) is 5.82 Å². The van der Waals surface area contributed by atoms with Gasteiger partial charge >= 0.3 is 0 Å². The summed E-state index contributed by atoms with van der Waals surface area (Å²) in [5.74, 6) is 1.29. The van der Waals surface area contributed by atoms with Crippen molar-refractivity contribution in [2.75, 3.05) is 12.8 Å². The SMILES string of the molecule is CNC(=O)c1ccn(-c2cc(N)nc(C(C)(C)C)n2)n1. The largest absolute Gasteiger partial charge is 0.384 e. The Labute approximate surface area is 117 Å². The fourth-order valence-corrected chi connectivity index (χ4v) is 1.61. The molecule has 0 bridgehead atoms. The first kappa shape index (κ1) is 14.0. The third-order valence-electron chi connectivity index (χ3n) is 2.69. The molecule has 2 aromatic rings. The number of carbonyl (C=O) groups excluding carboxylic acids is 1. The lowest BCUT2D eigenvalue weighted by atomic mass is 9.96. The summed E-state index contributed by atoms with van der Waals surface area (Å²) in [5.41, 5.74) is 5.91. The maximum atomic E-state index is 11.5. The summed E-state index contributed by atoms with van der Waals surface area (Å²) in [6, 6.07) is 3.24. The number of anilines is 1. The Balaban J connectivity index is 2.45. The number of aromatic nitrogens is 4. The van der Waals surface area contributed by atoms with E-state index in [1.165, 1.54) is 4.68 Å². The summed E-state index contributed by atoms with van der Waals surface area (Å²) in [4.78, 5) is 20.2. The maximum Gasteiger partial charge on any atom is 0.271 e. The van der Waals surface area contributed by atoms with Crippen LogP contribution in [0.3, 0.4) is 0 Å². The Morgan fingerprint density at radius 3 is 2.65 bits per heavy atom. The van der Waals surface area contributed by atoms with E-state index in [2.05, 4.69) is 20.4 Å². The topological polar surface area (TPSA) is 98.7 Å². The lowest BCUT2D eigenvalue weighted by molar-refractivity contribution is 0.0957. The number of rotatable bonds is 2. The van der Waals surface area contributed by atoms with E-state index in [4.69, 9.17) is 5.73 Å². The Bertz CT molecular complexity index is 641. The fourth-order valence-electron chi connectivity index (χ4n) is 1.61. The van der Waals surface area contributed by atoms with Crippen LogP contribution >= 0.6 is 0 Å². The van der Waals surface area contributed by atoms with Gasteiger partial charge in [-0.1, -0.05) is 20.8 Å². The molecule has 0 aliphatic heterocycles. The molecule has 106 valence electrons. The summed E-state index contributed by atoms with van der Waals surface area (Å²) in [6.45, 7) is 6.01. The zero-order valence-electron chi connectivity index (χ0n) is 12.0. The first-order valence-electron chi connectivity index (χ1n) is 6.24. The van der Waals surface area contributed by atoms with Crippen molar-refractivity contribution >= 4 is 11.7 Å². The van der Waals surface area contributed by atoms with Crippen LogP contribution in [-0.2, 0) is 5.41 Å². The highest BCUT2D eigenvalue weighted by atomic mass is 16.1. The molecule has 0 aliphatic carbocycles. The number of nitrogens with one attached hydrogen (secondary N) is 1. The fraction of sp³-hybridized carbons (Fsp3) is 0.385. The van der Waals surface area contributed by atoms with Crippen molar-refractivity contribution in [2.24, 2.45) is 0 Å². The summed E-state index contributed by atoms with van der Waals surface area (Å²) in [7, 11) is 1.56. The van der Waals surface area contributed by atoms with Gasteiger partial charge in [0.2, 0.25) is 0 Å². The van der Waals surface area contributed by atoms with Gasteiger partial charge in [0.15, 0.2) is 11.5 Å². The van der Waals surface area contributed by atoms with E-state index in [9.17, 15) is 4.79 Å². The lowest BCUT2D eigenvalue weighted by Gasteiger charge is -2.17. The van der Waals surface area contributed by atoms with Gasteiger partial charge in [-0.3, -0.25) is 4.79 Å². The van der Waals surface area contributed by atoms with E-state index >= 15 is 0 Å². The van der Waals surface area contributed by atoms with Crippen LogP contribution in [0.4, 0.5) is 5.82 Å². The third-order valence-corrected chi connectivity index (χ3v) is 2.69. The minimum atomic E-state index is -0.248. The zero-order valence-corrected chi connectivity index (χ0v) is 12.0. The van der Waals surface area contributed by atoms with Gasteiger partial charge in [-0.2, -0.15) is 5.10 Å². The first-order valence-corrected chi connectivity index (χ1v) is 6.24. The van der Waals surface area contributed by atoms with Crippen molar-refractivity contribution in [1.29, 1.82) is 0 Å². The molecule has 2 aromatic heterocycles. The zero-order chi connectivity index (χ0) is 14.9. The summed E-state index contributed by atoms with van der Waals surface area (Å²) in [6.07, 6.45) is 1.67. The van der Waals surface area contributed by atoms with E-state index in [1.807, 2.05) is 20.8 Å². The molecule has 0 aliphatic rings. The van der Waals surface area contributed by atoms with E-state index in [1.54, 1.807) is 25.4 Å². The summed E-state index contributed by atoms with van der Waals surface area (Å²) < 4.78 is 1.51. The summed E-state index contributed by atoms with van der Waals surface area (Å²) >= 11 is 0. The third kappa shape index (κ3) is 2.76. The molecule has 1 amide bonds. The average Bonchev–Trinajstić information content (AvgIpc) is 2.85. The van der Waals surface area contributed by atoms with Crippen LogP contribution in [0.2, 0.25) is 0 Å². The number of nitrogen functional groups attached to an aromatic ring is 1. The second-order valence-electron chi connectivity index (χ2n) is 5.45. The number of carbonyl (C=O) groups is 1. The van der Waals surface area contributed by atoms with Gasteiger partial charge in [0.25, 0.3) is 5.91 Å². The summed E-state index contributed by atoms with van der Waals surface area (Å²) in [5, 5.41) is 6.70. The smallest absolute Gasteiger partial charge is 0.271 e. The molecule has 0 spiro atoms. The van der Waals surface area contributed by atoms with Crippen molar-refractivity contribution in [1.82, 2.24) is 25.1 Å². The molecule has 20 heavy (non-hydrogen) atoms. The monoisotopic (exact) mass is 274 g/mol. The highest BCUT2D eigenvalue weighted by Gasteiger charge is 2.19. The highest BCUT2D eigenvalue weighted by Crippen LogP contribution is 2.20. The Hall–Kier alpha value is -2.44. The van der Waals surface area contributed by atoms with Gasteiger partial charge < -0.3 is 11.1 Å². The molecule has 0 radical (unpaired) electrons. The Morgan fingerprint density at radius 2 is 2.05 bits per heavy atom. The average molecular weight is 274 g/mol. The van der Waals surface area contributed by atoms with Gasteiger partial charge in [-0.15, -0.1) is 0 Å². The molecule has 2 heterocycles. The maximum absolute atomic E-state index is 11.5. The second kappa shape index (κ2) is 4.92. The normalized spacial score (nSPS) is 11.4. The van der Waals surface area contributed by atoms with Gasteiger partial charge in [-0.25, -0.2) is 14.6 Å². The predicted molar refractivity (Wildman–Crippen MR) is 75.7 cm³/mol. The van der Waals surface area contributed by atoms with Gasteiger partial charge in [0, 0.05) is 24.7 Å². The van der Waals surface area contributed by atoms with Gasteiger partial charge in [0.05, 0.1) is 0 Å². The number of nitrogens with zero attached hydrogens (tertiary/aromatic N) is 4. The minimum absolute atomic E-state index is 0.221. The number of amides is 1. The van der Waals surface area contributed by atoms with Crippen LogP contribution in [-0.4, -0.2) is 32.7 Å². The number of hydrogen-bond donors (Lipinski definition) is 2. The van der Waals surface area contributed by atoms with Crippen molar-refractivity contribution in [3.63, 3.8) is 0 Å². The van der Waals surface area contributed by atoms with Crippen LogP contribution in [0.15, 0.2) is 18.3 Å². The van der Waals surface area contributed by atoms with Crippen LogP contribution < -0.4 is 11.1 Å². The minimum Gasteiger partial charge on any atom is -0.384 e. The van der Waals surface area contributed by atoms with E-state index in [0.717, 1.165) is 0 Å². The van der Waals surface area contributed by atoms with Crippen LogP contribution in [0.1, 0.15) is 37.1 Å². The first-order chi connectivity index (χ1) is 9.31. The van der Waals surface area contributed by atoms with Crippen molar-refractivity contribution in [2.45, 2.75) is 26.2 Å². The van der Waals surface area contributed by atoms with Crippen molar-refractivity contribution in [3.05, 3.63) is 29.8 Å². The number of nitrogens with two attached hydrogens (primary N) is 1. The molecular formula is C13H18N6O. The van der Waals surface area contributed by atoms with Crippen LogP contribution in [0.5, 0.6) is 0 Å². The molecule has 3 N–H and O–H groups in total. The molecule has 0 fully saturated rings. The Morgan fingerprint density at radius 1 is 1.35 bits per heavy atom. The van der Waals surface area contributed by atoms with E-state index < -0.39 is 0 Å². The van der Waals surface area contributed by atoms with Crippen molar-refractivity contribution in [3.8, 4) is 5.82 Å². The highest BCUT2D eigenvalue weighted by molar-refractivity contribution is 5.91.